The molecule has 1 saturated heterocycles. The van der Waals surface area contributed by atoms with Gasteiger partial charge in [0.05, 0.1) is 9.82 Å². The van der Waals surface area contributed by atoms with E-state index in [1.54, 1.807) is 7.05 Å². The molecule has 0 amide bonds. The Labute approximate surface area is 117 Å². The molecule has 1 aliphatic heterocycles. The van der Waals surface area contributed by atoms with Crippen LogP contribution in [0.4, 0.5) is 5.69 Å². The van der Waals surface area contributed by atoms with Crippen LogP contribution < -0.4 is 5.32 Å². The lowest BCUT2D eigenvalue weighted by Crippen LogP contribution is -2.33. The van der Waals surface area contributed by atoms with Crippen LogP contribution >= 0.6 is 0 Å². The Balaban J connectivity index is 2.41. The van der Waals surface area contributed by atoms with E-state index in [1.807, 2.05) is 0 Å². The van der Waals surface area contributed by atoms with Gasteiger partial charge in [0, 0.05) is 30.8 Å². The fourth-order valence-corrected chi connectivity index (χ4v) is 4.14. The molecule has 0 saturated carbocycles. The Morgan fingerprint density at radius 3 is 2.70 bits per heavy atom. The molecular formula is C12H17N3O4S. The van der Waals surface area contributed by atoms with E-state index in [9.17, 15) is 18.5 Å². The second-order valence-electron chi connectivity index (χ2n) is 4.79. The number of rotatable bonds is 4. The van der Waals surface area contributed by atoms with Crippen molar-refractivity contribution in [3.8, 4) is 0 Å². The molecule has 1 heterocycles. The summed E-state index contributed by atoms with van der Waals surface area (Å²) in [5.74, 6) is 0. The number of benzene rings is 1. The molecule has 0 aliphatic carbocycles. The fraction of sp³-hybridized carbons (Fsp3) is 0.500. The lowest BCUT2D eigenvalue weighted by molar-refractivity contribution is -0.385. The van der Waals surface area contributed by atoms with Crippen LogP contribution in [0, 0.1) is 17.0 Å². The van der Waals surface area contributed by atoms with Crippen molar-refractivity contribution in [3.63, 3.8) is 0 Å². The molecule has 1 aromatic rings. The minimum Gasteiger partial charge on any atom is -0.316 e. The van der Waals surface area contributed by atoms with Crippen molar-refractivity contribution >= 4 is 15.7 Å². The lowest BCUT2D eigenvalue weighted by Gasteiger charge is -2.17. The Morgan fingerprint density at radius 1 is 1.45 bits per heavy atom. The minimum atomic E-state index is -3.68. The molecule has 20 heavy (non-hydrogen) atoms. The van der Waals surface area contributed by atoms with Crippen LogP contribution in [0.1, 0.15) is 12.0 Å². The molecule has 1 unspecified atom stereocenters. The normalized spacial score (nSPS) is 20.2. The summed E-state index contributed by atoms with van der Waals surface area (Å²) in [5.41, 5.74) is 0.0147. The predicted octanol–water partition coefficient (Wildman–Crippen LogP) is 0.886. The zero-order chi connectivity index (χ0) is 14.9. The minimum absolute atomic E-state index is 0.0171. The van der Waals surface area contributed by atoms with E-state index >= 15 is 0 Å². The summed E-state index contributed by atoms with van der Waals surface area (Å²) in [6.45, 7) is 2.29. The summed E-state index contributed by atoms with van der Waals surface area (Å²) < 4.78 is 26.5. The summed E-state index contributed by atoms with van der Waals surface area (Å²) in [6, 6.07) is 4.27. The Morgan fingerprint density at radius 2 is 2.15 bits per heavy atom. The van der Waals surface area contributed by atoms with Gasteiger partial charge in [-0.15, -0.1) is 0 Å². The highest BCUT2D eigenvalue weighted by atomic mass is 32.2. The molecule has 110 valence electrons. The number of nitrogens with zero attached hydrogens (tertiary/aromatic N) is 2. The Hall–Kier alpha value is -1.51. The highest BCUT2D eigenvalue weighted by molar-refractivity contribution is 7.89. The van der Waals surface area contributed by atoms with Crippen LogP contribution in [0.15, 0.2) is 23.1 Å². The number of hydrogen-bond donors (Lipinski definition) is 1. The quantitative estimate of drug-likeness (QED) is 0.658. The van der Waals surface area contributed by atoms with Crippen molar-refractivity contribution in [2.75, 3.05) is 20.1 Å². The van der Waals surface area contributed by atoms with E-state index < -0.39 is 14.9 Å². The third-order valence-corrected chi connectivity index (χ3v) is 5.64. The Kier molecular flexibility index (Phi) is 4.07. The summed E-state index contributed by atoms with van der Waals surface area (Å²) in [5, 5.41) is 14.0. The van der Waals surface area contributed by atoms with Crippen molar-refractivity contribution in [2.45, 2.75) is 24.3 Å². The van der Waals surface area contributed by atoms with Crippen LogP contribution in [0.5, 0.6) is 0 Å². The van der Waals surface area contributed by atoms with Gasteiger partial charge in [-0.05, 0) is 26.5 Å². The molecule has 0 spiro atoms. The average molecular weight is 299 g/mol. The monoisotopic (exact) mass is 299 g/mol. The van der Waals surface area contributed by atoms with Crippen LogP contribution in [0.3, 0.4) is 0 Å². The van der Waals surface area contributed by atoms with Crippen molar-refractivity contribution in [1.82, 2.24) is 9.62 Å². The zero-order valence-electron chi connectivity index (χ0n) is 11.4. The summed E-state index contributed by atoms with van der Waals surface area (Å²) in [7, 11) is -1.89. The number of nitrogens with one attached hydrogen (secondary N) is 1. The largest absolute Gasteiger partial charge is 0.316 e. The molecule has 1 fully saturated rings. The summed E-state index contributed by atoms with van der Waals surface area (Å²) in [4.78, 5) is 10.4. The van der Waals surface area contributed by atoms with E-state index in [0.29, 0.717) is 13.1 Å². The molecule has 0 aromatic heterocycles. The highest BCUT2D eigenvalue weighted by Crippen LogP contribution is 2.28. The summed E-state index contributed by atoms with van der Waals surface area (Å²) >= 11 is 0. The number of likely N-dealkylation sites (N-methyl/N-ethyl adjacent to an activating group) is 1. The second kappa shape index (κ2) is 5.47. The topological polar surface area (TPSA) is 92.6 Å². The van der Waals surface area contributed by atoms with Crippen molar-refractivity contribution in [1.29, 1.82) is 0 Å². The SMILES string of the molecule is CNC1CCN(S(=O)(=O)c2cccc([N+](=O)[O-])c2C)C1. The Bertz CT molecular complexity index is 630. The van der Waals surface area contributed by atoms with E-state index in [4.69, 9.17) is 0 Å². The maximum absolute atomic E-state index is 12.6. The van der Waals surface area contributed by atoms with Gasteiger partial charge in [0.25, 0.3) is 5.69 Å². The fourth-order valence-electron chi connectivity index (χ4n) is 2.40. The highest BCUT2D eigenvalue weighted by Gasteiger charge is 2.34. The zero-order valence-corrected chi connectivity index (χ0v) is 12.2. The maximum Gasteiger partial charge on any atom is 0.273 e. The van der Waals surface area contributed by atoms with E-state index in [-0.39, 0.29) is 22.2 Å². The van der Waals surface area contributed by atoms with Gasteiger partial charge in [0.1, 0.15) is 0 Å². The molecule has 8 heteroatoms. The molecular weight excluding hydrogens is 282 g/mol. The molecule has 1 atom stereocenters. The molecule has 1 N–H and O–H groups in total. The van der Waals surface area contributed by atoms with E-state index in [1.165, 1.54) is 29.4 Å². The van der Waals surface area contributed by atoms with Crippen LogP contribution in [-0.2, 0) is 10.0 Å². The van der Waals surface area contributed by atoms with Crippen LogP contribution in [0.25, 0.3) is 0 Å². The summed E-state index contributed by atoms with van der Waals surface area (Å²) in [6.07, 6.45) is 0.740. The first-order valence-electron chi connectivity index (χ1n) is 6.29. The van der Waals surface area contributed by atoms with Gasteiger partial charge in [0.2, 0.25) is 10.0 Å². The molecule has 1 aromatic carbocycles. The van der Waals surface area contributed by atoms with Crippen LogP contribution in [0.2, 0.25) is 0 Å². The van der Waals surface area contributed by atoms with E-state index in [2.05, 4.69) is 5.32 Å². The van der Waals surface area contributed by atoms with Crippen molar-refractivity contribution in [3.05, 3.63) is 33.9 Å². The number of nitro benzene ring substituents is 1. The van der Waals surface area contributed by atoms with Gasteiger partial charge in [-0.1, -0.05) is 6.07 Å². The third-order valence-electron chi connectivity index (χ3n) is 3.63. The predicted molar refractivity (Wildman–Crippen MR) is 74.1 cm³/mol. The average Bonchev–Trinajstić information content (AvgIpc) is 2.87. The molecule has 0 radical (unpaired) electrons. The third kappa shape index (κ3) is 2.54. The van der Waals surface area contributed by atoms with Crippen molar-refractivity contribution in [2.24, 2.45) is 0 Å². The number of nitro groups is 1. The molecule has 0 bridgehead atoms. The van der Waals surface area contributed by atoms with Crippen molar-refractivity contribution < 1.29 is 13.3 Å². The van der Waals surface area contributed by atoms with Gasteiger partial charge in [-0.2, -0.15) is 4.31 Å². The van der Waals surface area contributed by atoms with E-state index in [0.717, 1.165) is 6.42 Å². The van der Waals surface area contributed by atoms with Gasteiger partial charge >= 0.3 is 0 Å². The van der Waals surface area contributed by atoms with Gasteiger partial charge in [-0.25, -0.2) is 8.42 Å². The lowest BCUT2D eigenvalue weighted by atomic mass is 10.2. The first-order valence-corrected chi connectivity index (χ1v) is 7.73. The molecule has 2 rings (SSSR count). The van der Waals surface area contributed by atoms with Gasteiger partial charge in [-0.3, -0.25) is 10.1 Å². The maximum atomic E-state index is 12.6. The van der Waals surface area contributed by atoms with Crippen LogP contribution in [-0.4, -0.2) is 43.8 Å². The number of hydrogen-bond acceptors (Lipinski definition) is 5. The smallest absolute Gasteiger partial charge is 0.273 e. The molecule has 1 aliphatic rings. The van der Waals surface area contributed by atoms with Gasteiger partial charge in [0.15, 0.2) is 0 Å². The standard InChI is InChI=1S/C12H17N3O4S/c1-9-11(15(16)17)4-3-5-12(9)20(18,19)14-7-6-10(8-14)13-2/h3-5,10,13H,6-8H2,1-2H3. The van der Waals surface area contributed by atoms with Gasteiger partial charge < -0.3 is 5.32 Å². The second-order valence-corrected chi connectivity index (χ2v) is 6.70. The first-order chi connectivity index (χ1) is 9.37. The molecule has 7 nitrogen and oxygen atoms in total. The number of sulfonamides is 1. The first kappa shape index (κ1) is 14.9.